The number of nitrogens with one attached hydrogen (secondary N) is 1. The standard InChI is InChI=1S/C9H16N2O2S2/c1-3-8-7-10-9(14)11(8)5-4-6-15(2,12)13/h7H,3-6H2,1-2H3,(H,10,14). The summed E-state index contributed by atoms with van der Waals surface area (Å²) in [5.41, 5.74) is 1.12. The van der Waals surface area contributed by atoms with Crippen LogP contribution >= 0.6 is 12.2 Å². The van der Waals surface area contributed by atoms with Crippen LogP contribution in [0, 0.1) is 4.77 Å². The fourth-order valence-electron chi connectivity index (χ4n) is 1.45. The van der Waals surface area contributed by atoms with E-state index in [0.717, 1.165) is 12.1 Å². The van der Waals surface area contributed by atoms with Gasteiger partial charge in [0.25, 0.3) is 0 Å². The summed E-state index contributed by atoms with van der Waals surface area (Å²) in [5.74, 6) is 0.211. The first-order valence-corrected chi connectivity index (χ1v) is 7.35. The monoisotopic (exact) mass is 248 g/mol. The summed E-state index contributed by atoms with van der Waals surface area (Å²) in [6, 6.07) is 0. The lowest BCUT2D eigenvalue weighted by Gasteiger charge is -2.05. The molecular weight excluding hydrogens is 232 g/mol. The Bertz CT molecular complexity index is 471. The van der Waals surface area contributed by atoms with Crippen LogP contribution in [0.1, 0.15) is 19.0 Å². The van der Waals surface area contributed by atoms with Gasteiger partial charge in [0.2, 0.25) is 0 Å². The summed E-state index contributed by atoms with van der Waals surface area (Å²) >= 11 is 5.10. The van der Waals surface area contributed by atoms with Crippen LogP contribution in [0.15, 0.2) is 6.20 Å². The molecule has 0 radical (unpaired) electrons. The topological polar surface area (TPSA) is 54.9 Å². The molecule has 0 atom stereocenters. The fraction of sp³-hybridized carbons (Fsp3) is 0.667. The Hall–Kier alpha value is -0.620. The van der Waals surface area contributed by atoms with Gasteiger partial charge in [0.05, 0.1) is 5.75 Å². The highest BCUT2D eigenvalue weighted by Gasteiger charge is 2.05. The second-order valence-corrected chi connectivity index (χ2v) is 6.22. The smallest absolute Gasteiger partial charge is 0.177 e. The first-order chi connectivity index (χ1) is 6.94. The minimum atomic E-state index is -2.87. The van der Waals surface area contributed by atoms with Crippen molar-refractivity contribution in [3.05, 3.63) is 16.7 Å². The molecule has 0 amide bonds. The molecule has 4 nitrogen and oxygen atoms in total. The van der Waals surface area contributed by atoms with E-state index in [0.29, 0.717) is 17.7 Å². The number of hydrogen-bond donors (Lipinski definition) is 1. The highest BCUT2D eigenvalue weighted by Crippen LogP contribution is 2.04. The summed E-state index contributed by atoms with van der Waals surface area (Å²) in [6.07, 6.45) is 4.64. The molecule has 1 N–H and O–H groups in total. The van der Waals surface area contributed by atoms with Crippen molar-refractivity contribution in [3.8, 4) is 0 Å². The predicted molar refractivity (Wildman–Crippen MR) is 63.3 cm³/mol. The predicted octanol–water partition coefficient (Wildman–Crippen LogP) is 1.54. The van der Waals surface area contributed by atoms with Gasteiger partial charge in [0.15, 0.2) is 4.77 Å². The van der Waals surface area contributed by atoms with Crippen LogP contribution in [0.3, 0.4) is 0 Å². The third kappa shape index (κ3) is 3.79. The maximum absolute atomic E-state index is 11.0. The summed E-state index contributed by atoms with van der Waals surface area (Å²) in [6.45, 7) is 2.71. The zero-order chi connectivity index (χ0) is 11.5. The van der Waals surface area contributed by atoms with Gasteiger partial charge in [0.1, 0.15) is 9.84 Å². The molecular formula is C9H16N2O2S2. The summed E-state index contributed by atoms with van der Waals surface area (Å²) < 4.78 is 24.5. The van der Waals surface area contributed by atoms with Crippen molar-refractivity contribution in [2.45, 2.75) is 26.3 Å². The van der Waals surface area contributed by atoms with E-state index in [9.17, 15) is 8.42 Å². The van der Waals surface area contributed by atoms with Crippen LogP contribution < -0.4 is 0 Å². The maximum atomic E-state index is 11.0. The van der Waals surface area contributed by atoms with E-state index in [2.05, 4.69) is 4.98 Å². The van der Waals surface area contributed by atoms with Crippen molar-refractivity contribution in [1.82, 2.24) is 9.55 Å². The van der Waals surface area contributed by atoms with Gasteiger partial charge < -0.3 is 9.55 Å². The van der Waals surface area contributed by atoms with Gasteiger partial charge in [-0.05, 0) is 25.1 Å². The Labute approximate surface area is 95.2 Å². The molecule has 0 saturated heterocycles. The van der Waals surface area contributed by atoms with E-state index >= 15 is 0 Å². The number of imidazole rings is 1. The zero-order valence-electron chi connectivity index (χ0n) is 8.99. The van der Waals surface area contributed by atoms with E-state index in [1.54, 1.807) is 0 Å². The molecule has 1 heterocycles. The summed E-state index contributed by atoms with van der Waals surface area (Å²) in [5, 5.41) is 0. The Morgan fingerprint density at radius 3 is 2.73 bits per heavy atom. The molecule has 0 unspecified atom stereocenters. The van der Waals surface area contributed by atoms with Crippen molar-refractivity contribution in [3.63, 3.8) is 0 Å². The lowest BCUT2D eigenvalue weighted by molar-refractivity contribution is 0.587. The van der Waals surface area contributed by atoms with Crippen molar-refractivity contribution < 1.29 is 8.42 Å². The molecule has 1 aromatic rings. The number of nitrogens with zero attached hydrogens (tertiary/aromatic N) is 1. The lowest BCUT2D eigenvalue weighted by Crippen LogP contribution is -2.09. The fourth-order valence-corrected chi connectivity index (χ4v) is 2.38. The zero-order valence-corrected chi connectivity index (χ0v) is 10.6. The first-order valence-electron chi connectivity index (χ1n) is 4.89. The van der Waals surface area contributed by atoms with Gasteiger partial charge in [0, 0.05) is 24.7 Å². The normalized spacial score (nSPS) is 11.9. The molecule has 0 aromatic carbocycles. The number of hydrogen-bond acceptors (Lipinski definition) is 3. The number of aromatic amines is 1. The molecule has 0 aliphatic rings. The van der Waals surface area contributed by atoms with E-state index in [1.165, 1.54) is 6.26 Å². The molecule has 1 rings (SSSR count). The van der Waals surface area contributed by atoms with E-state index in [4.69, 9.17) is 12.2 Å². The first kappa shape index (κ1) is 12.4. The summed E-state index contributed by atoms with van der Waals surface area (Å²) in [7, 11) is -2.87. The molecule has 0 aliphatic heterocycles. The third-order valence-electron chi connectivity index (χ3n) is 2.21. The van der Waals surface area contributed by atoms with E-state index in [1.807, 2.05) is 17.7 Å². The van der Waals surface area contributed by atoms with Gasteiger partial charge in [-0.1, -0.05) is 6.92 Å². The van der Waals surface area contributed by atoms with Crippen molar-refractivity contribution in [2.24, 2.45) is 0 Å². The van der Waals surface area contributed by atoms with Gasteiger partial charge in [-0.3, -0.25) is 0 Å². The van der Waals surface area contributed by atoms with E-state index in [-0.39, 0.29) is 5.75 Å². The summed E-state index contributed by atoms with van der Waals surface area (Å²) in [4.78, 5) is 2.96. The lowest BCUT2D eigenvalue weighted by atomic mass is 10.3. The largest absolute Gasteiger partial charge is 0.337 e. The number of sulfone groups is 1. The highest BCUT2D eigenvalue weighted by molar-refractivity contribution is 7.90. The van der Waals surface area contributed by atoms with Crippen LogP contribution in [-0.2, 0) is 22.8 Å². The van der Waals surface area contributed by atoms with Crippen molar-refractivity contribution in [1.29, 1.82) is 0 Å². The molecule has 0 saturated carbocycles. The molecule has 0 bridgehead atoms. The molecule has 0 aliphatic carbocycles. The highest BCUT2D eigenvalue weighted by atomic mass is 32.2. The van der Waals surface area contributed by atoms with Gasteiger partial charge >= 0.3 is 0 Å². The average Bonchev–Trinajstić information content (AvgIpc) is 2.46. The van der Waals surface area contributed by atoms with Crippen LogP contribution in [0.5, 0.6) is 0 Å². The van der Waals surface area contributed by atoms with Gasteiger partial charge in [-0.25, -0.2) is 8.42 Å². The van der Waals surface area contributed by atoms with Crippen LogP contribution in [-0.4, -0.2) is 30.0 Å². The minimum absolute atomic E-state index is 0.211. The van der Waals surface area contributed by atoms with Gasteiger partial charge in [-0.2, -0.15) is 0 Å². The Morgan fingerprint density at radius 1 is 1.53 bits per heavy atom. The number of rotatable bonds is 5. The Balaban J connectivity index is 2.65. The molecule has 15 heavy (non-hydrogen) atoms. The maximum Gasteiger partial charge on any atom is 0.177 e. The SMILES string of the molecule is CCc1c[nH]c(=S)n1CCCS(C)(=O)=O. The molecule has 0 spiro atoms. The second kappa shape index (κ2) is 4.94. The number of aromatic nitrogens is 2. The number of H-pyrrole nitrogens is 1. The van der Waals surface area contributed by atoms with Crippen molar-refractivity contribution >= 4 is 22.1 Å². The number of aryl methyl sites for hydroxylation is 1. The molecule has 6 heteroatoms. The van der Waals surface area contributed by atoms with Gasteiger partial charge in [-0.15, -0.1) is 0 Å². The third-order valence-corrected chi connectivity index (χ3v) is 3.58. The molecule has 0 fully saturated rings. The van der Waals surface area contributed by atoms with Crippen LogP contribution in [0.4, 0.5) is 0 Å². The van der Waals surface area contributed by atoms with Crippen LogP contribution in [0.25, 0.3) is 0 Å². The van der Waals surface area contributed by atoms with Crippen molar-refractivity contribution in [2.75, 3.05) is 12.0 Å². The van der Waals surface area contributed by atoms with E-state index < -0.39 is 9.84 Å². The minimum Gasteiger partial charge on any atom is -0.337 e. The Kier molecular flexibility index (Phi) is 4.10. The average molecular weight is 248 g/mol. The molecule has 1 aromatic heterocycles. The van der Waals surface area contributed by atoms with Crippen LogP contribution in [0.2, 0.25) is 0 Å². The molecule has 86 valence electrons. The second-order valence-electron chi connectivity index (χ2n) is 3.57. The quantitative estimate of drug-likeness (QED) is 0.804. The Morgan fingerprint density at radius 2 is 2.20 bits per heavy atom.